The molecule has 9 nitrogen and oxygen atoms in total. The van der Waals surface area contributed by atoms with Crippen LogP contribution in [0.4, 0.5) is 10.2 Å². The summed E-state index contributed by atoms with van der Waals surface area (Å²) in [5, 5.41) is 0.702. The summed E-state index contributed by atoms with van der Waals surface area (Å²) in [4.78, 5) is 49.7. The standard InChI is InChI=1S/C34H37ClFN7O2/c1-9-26-37-28(18(3)4)31(29(38-26)19(5)6)43-33-23(15-24(35)30(39-33)22-13-11-12-14-25(22)36)32(40-34(43)45)42-17-20(7)41(16-21(42)8)27(44)10-2/h9-15,18-21H,1-2,16-17H2,3-8H3. The van der Waals surface area contributed by atoms with Crippen LogP contribution in [0.25, 0.3) is 34.1 Å². The van der Waals surface area contributed by atoms with Crippen LogP contribution in [0, 0.1) is 5.82 Å². The smallest absolute Gasteiger partial charge is 0.349 e. The van der Waals surface area contributed by atoms with E-state index in [0.717, 1.165) is 0 Å². The Balaban J connectivity index is 1.88. The highest BCUT2D eigenvalue weighted by molar-refractivity contribution is 6.33. The van der Waals surface area contributed by atoms with Gasteiger partial charge in [-0.15, -0.1) is 0 Å². The molecule has 5 rings (SSSR count). The average Bonchev–Trinajstić information content (AvgIpc) is 3.01. The van der Waals surface area contributed by atoms with Crippen LogP contribution in [0.2, 0.25) is 5.02 Å². The first kappa shape index (κ1) is 32.0. The molecule has 1 fully saturated rings. The maximum absolute atomic E-state index is 15.1. The predicted molar refractivity (Wildman–Crippen MR) is 178 cm³/mol. The molecule has 45 heavy (non-hydrogen) atoms. The number of benzene rings is 1. The number of hydrogen-bond acceptors (Lipinski definition) is 7. The summed E-state index contributed by atoms with van der Waals surface area (Å²) in [6.45, 7) is 20.2. The van der Waals surface area contributed by atoms with Crippen molar-refractivity contribution in [2.75, 3.05) is 18.0 Å². The normalized spacial score (nSPS) is 16.9. The number of piperazine rings is 1. The first-order valence-corrected chi connectivity index (χ1v) is 15.4. The lowest BCUT2D eigenvalue weighted by Crippen LogP contribution is -2.58. The maximum Gasteiger partial charge on any atom is 0.355 e. The molecule has 0 saturated carbocycles. The molecule has 0 spiro atoms. The van der Waals surface area contributed by atoms with E-state index < -0.39 is 11.5 Å². The largest absolute Gasteiger partial charge is 0.355 e. The van der Waals surface area contributed by atoms with E-state index in [-0.39, 0.29) is 51.8 Å². The van der Waals surface area contributed by atoms with E-state index in [4.69, 9.17) is 26.6 Å². The first-order chi connectivity index (χ1) is 21.4. The molecule has 4 heterocycles. The van der Waals surface area contributed by atoms with Crippen LogP contribution in [0.15, 0.2) is 54.4 Å². The summed E-state index contributed by atoms with van der Waals surface area (Å²) in [6.07, 6.45) is 2.89. The summed E-state index contributed by atoms with van der Waals surface area (Å²) in [5.74, 6) is -0.0281. The molecule has 1 aliphatic heterocycles. The second kappa shape index (κ2) is 12.5. The Hall–Kier alpha value is -4.44. The molecule has 4 aromatic rings. The van der Waals surface area contributed by atoms with Gasteiger partial charge in [0.15, 0.2) is 11.5 Å². The molecule has 1 amide bonds. The fourth-order valence-electron chi connectivity index (χ4n) is 5.85. The molecule has 11 heteroatoms. The number of carbonyl (C=O) groups excluding carboxylic acids is 1. The van der Waals surface area contributed by atoms with Gasteiger partial charge in [0.05, 0.1) is 33.2 Å². The highest BCUT2D eigenvalue weighted by Gasteiger charge is 2.34. The van der Waals surface area contributed by atoms with Gasteiger partial charge in [0.2, 0.25) is 5.91 Å². The van der Waals surface area contributed by atoms with Crippen molar-refractivity contribution < 1.29 is 9.18 Å². The molecule has 1 aromatic carbocycles. The monoisotopic (exact) mass is 629 g/mol. The minimum absolute atomic E-state index is 0.101. The van der Waals surface area contributed by atoms with Gasteiger partial charge >= 0.3 is 5.69 Å². The van der Waals surface area contributed by atoms with Gasteiger partial charge < -0.3 is 9.80 Å². The molecule has 2 unspecified atom stereocenters. The van der Waals surface area contributed by atoms with Crippen LogP contribution in [-0.2, 0) is 4.79 Å². The molecule has 3 aromatic heterocycles. The predicted octanol–water partition coefficient (Wildman–Crippen LogP) is 6.53. The molecule has 1 aliphatic rings. The summed E-state index contributed by atoms with van der Waals surface area (Å²) in [6, 6.07) is 7.53. The van der Waals surface area contributed by atoms with E-state index in [2.05, 4.69) is 18.1 Å². The summed E-state index contributed by atoms with van der Waals surface area (Å²) in [5.41, 5.74) is 1.79. The lowest BCUT2D eigenvalue weighted by atomic mass is 10.0. The number of hydrogen-bond donors (Lipinski definition) is 0. The van der Waals surface area contributed by atoms with Crippen LogP contribution in [0.1, 0.15) is 70.6 Å². The van der Waals surface area contributed by atoms with Gasteiger partial charge in [-0.05, 0) is 56.0 Å². The molecule has 234 valence electrons. The van der Waals surface area contributed by atoms with E-state index in [1.165, 1.54) is 16.7 Å². The quantitative estimate of drug-likeness (QED) is 0.214. The van der Waals surface area contributed by atoms with E-state index in [1.54, 1.807) is 35.2 Å². The van der Waals surface area contributed by atoms with Crippen molar-refractivity contribution >= 4 is 40.4 Å². The number of halogens is 2. The molecule has 0 N–H and O–H groups in total. The maximum atomic E-state index is 15.1. The fraction of sp³-hybridized carbons (Fsp3) is 0.353. The zero-order valence-electron chi connectivity index (χ0n) is 26.4. The Morgan fingerprint density at radius 2 is 1.64 bits per heavy atom. The molecular weight excluding hydrogens is 593 g/mol. The van der Waals surface area contributed by atoms with Gasteiger partial charge in [-0.25, -0.2) is 28.7 Å². The van der Waals surface area contributed by atoms with Gasteiger partial charge in [0, 0.05) is 30.7 Å². The second-order valence-electron chi connectivity index (χ2n) is 12.0. The van der Waals surface area contributed by atoms with Crippen molar-refractivity contribution in [1.29, 1.82) is 0 Å². The third kappa shape index (κ3) is 5.75. The van der Waals surface area contributed by atoms with Gasteiger partial charge in [-0.1, -0.05) is 64.6 Å². The highest BCUT2D eigenvalue weighted by atomic mass is 35.5. The molecule has 0 aliphatic carbocycles. The molecule has 2 atom stereocenters. The minimum Gasteiger partial charge on any atom is -0.349 e. The lowest BCUT2D eigenvalue weighted by Gasteiger charge is -2.44. The number of carbonyl (C=O) groups is 1. The summed E-state index contributed by atoms with van der Waals surface area (Å²) >= 11 is 6.85. The van der Waals surface area contributed by atoms with Crippen LogP contribution in [0.5, 0.6) is 0 Å². The third-order valence-corrected chi connectivity index (χ3v) is 8.39. The average molecular weight is 630 g/mol. The SMILES string of the molecule is C=CC(=O)N1CC(C)N(c2nc(=O)n(-c3c(C(C)C)nc(C=C)nc3C(C)C)c3nc(-c4ccccc4F)c(Cl)cc23)CC1C. The topological polar surface area (TPSA) is 97.1 Å². The van der Waals surface area contributed by atoms with Crippen molar-refractivity contribution in [3.63, 3.8) is 0 Å². The van der Waals surface area contributed by atoms with Crippen LogP contribution < -0.4 is 10.6 Å². The Kier molecular flexibility index (Phi) is 8.89. The Bertz CT molecular complexity index is 1860. The van der Waals surface area contributed by atoms with Gasteiger partial charge in [0.25, 0.3) is 0 Å². The summed E-state index contributed by atoms with van der Waals surface area (Å²) < 4.78 is 16.6. The van der Waals surface area contributed by atoms with E-state index in [0.29, 0.717) is 47.2 Å². The fourth-order valence-corrected chi connectivity index (χ4v) is 6.10. The van der Waals surface area contributed by atoms with E-state index in [1.807, 2.05) is 46.4 Å². The first-order valence-electron chi connectivity index (χ1n) is 15.0. The Labute approximate surface area is 267 Å². The Morgan fingerprint density at radius 1 is 1.00 bits per heavy atom. The number of fused-ring (bicyclic) bond motifs is 1. The number of anilines is 1. The second-order valence-corrected chi connectivity index (χ2v) is 12.4. The van der Waals surface area contributed by atoms with E-state index in [9.17, 15) is 9.59 Å². The number of aromatic nitrogens is 5. The van der Waals surface area contributed by atoms with Crippen LogP contribution >= 0.6 is 11.6 Å². The highest BCUT2D eigenvalue weighted by Crippen LogP contribution is 2.37. The van der Waals surface area contributed by atoms with Crippen LogP contribution in [-0.4, -0.2) is 60.5 Å². The number of rotatable bonds is 7. The summed E-state index contributed by atoms with van der Waals surface area (Å²) in [7, 11) is 0. The molecule has 0 radical (unpaired) electrons. The Morgan fingerprint density at radius 3 is 2.22 bits per heavy atom. The van der Waals surface area contributed by atoms with Gasteiger partial charge in [0.1, 0.15) is 11.6 Å². The molecule has 1 saturated heterocycles. The van der Waals surface area contributed by atoms with Crippen molar-refractivity contribution in [1.82, 2.24) is 29.4 Å². The number of nitrogens with zero attached hydrogens (tertiary/aromatic N) is 7. The van der Waals surface area contributed by atoms with Crippen molar-refractivity contribution in [3.8, 4) is 16.9 Å². The van der Waals surface area contributed by atoms with Crippen molar-refractivity contribution in [2.24, 2.45) is 0 Å². The third-order valence-electron chi connectivity index (χ3n) is 8.10. The van der Waals surface area contributed by atoms with Gasteiger partial charge in [-0.3, -0.25) is 4.79 Å². The van der Waals surface area contributed by atoms with E-state index >= 15 is 4.39 Å². The lowest BCUT2D eigenvalue weighted by molar-refractivity contribution is -0.128. The zero-order valence-corrected chi connectivity index (χ0v) is 27.1. The molecule has 0 bridgehead atoms. The van der Waals surface area contributed by atoms with Crippen molar-refractivity contribution in [3.05, 3.63) is 88.1 Å². The zero-order chi connectivity index (χ0) is 32.7. The molecular formula is C34H37ClFN7O2. The van der Waals surface area contributed by atoms with Crippen molar-refractivity contribution in [2.45, 2.75) is 65.5 Å². The van der Waals surface area contributed by atoms with Gasteiger partial charge in [-0.2, -0.15) is 4.98 Å². The van der Waals surface area contributed by atoms with Crippen LogP contribution in [0.3, 0.4) is 0 Å². The number of amides is 1. The number of pyridine rings is 1. The minimum atomic E-state index is -0.588.